The predicted octanol–water partition coefficient (Wildman–Crippen LogP) is 6.33. The van der Waals surface area contributed by atoms with Crippen molar-refractivity contribution in [3.8, 4) is 34.0 Å². The summed E-state index contributed by atoms with van der Waals surface area (Å²) in [6, 6.07) is 21.9. The van der Waals surface area contributed by atoms with Gasteiger partial charge in [-0.3, -0.25) is 9.69 Å². The molecule has 9 nitrogen and oxygen atoms in total. The number of ether oxygens (including phenoxy) is 2. The Bertz CT molecular complexity index is 1590. The Morgan fingerprint density at radius 2 is 1.78 bits per heavy atom. The van der Waals surface area contributed by atoms with Crippen LogP contribution in [0.4, 0.5) is 0 Å². The lowest BCUT2D eigenvalue weighted by Crippen LogP contribution is -2.46. The fraction of sp³-hybridized carbons (Fsp3) is 0.400. The topological polar surface area (TPSA) is 124 Å². The fourth-order valence-corrected chi connectivity index (χ4v) is 6.07. The third kappa shape index (κ3) is 8.17. The Morgan fingerprint density at radius 1 is 1.04 bits per heavy atom. The van der Waals surface area contributed by atoms with Crippen molar-refractivity contribution in [3.63, 3.8) is 0 Å². The van der Waals surface area contributed by atoms with Crippen LogP contribution in [0.5, 0.6) is 0 Å². The highest BCUT2D eigenvalue weighted by Gasteiger charge is 2.42. The molecule has 3 N–H and O–H groups in total. The largest absolute Gasteiger partial charge is 0.481 e. The number of carbonyl (C=O) groups is 1. The minimum absolute atomic E-state index is 0.194. The quantitative estimate of drug-likeness (QED) is 0.163. The molecule has 0 aliphatic carbocycles. The summed E-state index contributed by atoms with van der Waals surface area (Å²) in [5, 5.41) is 14.9. The first kappa shape index (κ1) is 32.8. The summed E-state index contributed by atoms with van der Waals surface area (Å²) < 4.78 is 16.4. The molecule has 0 saturated carbocycles. The molecule has 2 heterocycles. The van der Waals surface area contributed by atoms with Gasteiger partial charge in [-0.05, 0) is 75.0 Å². The van der Waals surface area contributed by atoms with E-state index in [1.807, 2.05) is 68.4 Å². The van der Waals surface area contributed by atoms with Crippen LogP contribution in [0.2, 0.25) is 5.02 Å². The zero-order valence-corrected chi connectivity index (χ0v) is 26.8. The van der Waals surface area contributed by atoms with Crippen LogP contribution in [0.15, 0.2) is 71.3 Å². The van der Waals surface area contributed by atoms with Crippen LogP contribution >= 0.6 is 11.6 Å². The van der Waals surface area contributed by atoms with E-state index < -0.39 is 16.9 Å². The van der Waals surface area contributed by atoms with E-state index in [-0.39, 0.29) is 6.61 Å². The number of carboxylic acids is 1. The van der Waals surface area contributed by atoms with Crippen LogP contribution in [0.1, 0.15) is 37.8 Å². The summed E-state index contributed by atoms with van der Waals surface area (Å²) >= 11 is 6.65. The number of carboxylic acid groups (broad SMARTS) is 1. The smallest absolute Gasteiger partial charge is 0.312 e. The van der Waals surface area contributed by atoms with E-state index in [1.54, 1.807) is 7.11 Å². The van der Waals surface area contributed by atoms with Gasteiger partial charge in [0.15, 0.2) is 0 Å². The number of benzene rings is 3. The van der Waals surface area contributed by atoms with Crippen LogP contribution in [-0.2, 0) is 27.2 Å². The fourth-order valence-electron chi connectivity index (χ4n) is 5.78. The number of piperidine rings is 1. The molecule has 4 aromatic rings. The van der Waals surface area contributed by atoms with Crippen molar-refractivity contribution in [1.29, 1.82) is 0 Å². The number of likely N-dealkylation sites (tertiary alicyclic amines) is 1. The summed E-state index contributed by atoms with van der Waals surface area (Å²) in [6.45, 7) is 7.04. The molecule has 0 radical (unpaired) electrons. The summed E-state index contributed by atoms with van der Waals surface area (Å²) in [5.41, 5.74) is 10.8. The zero-order chi connectivity index (χ0) is 32.0. The third-order valence-electron chi connectivity index (χ3n) is 8.27. The van der Waals surface area contributed by atoms with Crippen LogP contribution < -0.4 is 5.73 Å². The monoisotopic (exact) mass is 632 g/mol. The lowest BCUT2D eigenvalue weighted by atomic mass is 9.79. The molecule has 238 valence electrons. The van der Waals surface area contributed by atoms with E-state index in [0.717, 1.165) is 33.4 Å². The summed E-state index contributed by atoms with van der Waals surface area (Å²) in [7, 11) is 1.60. The van der Waals surface area contributed by atoms with Gasteiger partial charge in [0.05, 0.1) is 25.2 Å². The van der Waals surface area contributed by atoms with E-state index in [2.05, 4.69) is 22.2 Å². The molecule has 0 unspecified atom stereocenters. The van der Waals surface area contributed by atoms with E-state index in [1.165, 1.54) is 0 Å². The molecule has 45 heavy (non-hydrogen) atoms. The van der Waals surface area contributed by atoms with Gasteiger partial charge in [0.1, 0.15) is 0 Å². The van der Waals surface area contributed by atoms with Crippen molar-refractivity contribution in [2.24, 2.45) is 11.1 Å². The van der Waals surface area contributed by atoms with E-state index >= 15 is 0 Å². The molecule has 1 aliphatic rings. The average Bonchev–Trinajstić information content (AvgIpc) is 3.50. The number of aromatic nitrogens is 2. The second kappa shape index (κ2) is 14.2. The highest BCUT2D eigenvalue weighted by atomic mass is 35.5. The third-order valence-corrected chi connectivity index (χ3v) is 8.58. The van der Waals surface area contributed by atoms with Gasteiger partial charge in [-0.25, -0.2) is 0 Å². The van der Waals surface area contributed by atoms with Crippen LogP contribution in [0, 0.1) is 5.41 Å². The maximum atomic E-state index is 12.2. The van der Waals surface area contributed by atoms with Crippen LogP contribution in [0.25, 0.3) is 34.0 Å². The normalized spacial score (nSPS) is 15.3. The number of nitrogens with zero attached hydrogens (tertiary/aromatic N) is 3. The molecule has 3 aromatic carbocycles. The molecule has 0 amide bonds. The maximum absolute atomic E-state index is 12.2. The molecule has 5 rings (SSSR count). The van der Waals surface area contributed by atoms with E-state index in [0.29, 0.717) is 68.8 Å². The molecule has 0 bridgehead atoms. The van der Waals surface area contributed by atoms with Crippen molar-refractivity contribution >= 4 is 17.6 Å². The first-order chi connectivity index (χ1) is 21.6. The van der Waals surface area contributed by atoms with Gasteiger partial charge in [-0.15, -0.1) is 0 Å². The minimum atomic E-state index is -0.870. The number of halogens is 1. The molecule has 10 heteroatoms. The van der Waals surface area contributed by atoms with Crippen molar-refractivity contribution < 1.29 is 23.9 Å². The van der Waals surface area contributed by atoms with Crippen molar-refractivity contribution in [2.75, 3.05) is 40.0 Å². The van der Waals surface area contributed by atoms with Crippen molar-refractivity contribution in [1.82, 2.24) is 15.0 Å². The van der Waals surface area contributed by atoms with Crippen LogP contribution in [-0.4, -0.2) is 71.7 Å². The molecular formula is C35H41ClN4O5. The molecule has 0 spiro atoms. The van der Waals surface area contributed by atoms with Gasteiger partial charge >= 0.3 is 5.97 Å². The first-order valence-corrected chi connectivity index (χ1v) is 15.6. The minimum Gasteiger partial charge on any atom is -0.481 e. The number of rotatable bonds is 13. The number of aliphatic carboxylic acids is 1. The Morgan fingerprint density at radius 3 is 2.44 bits per heavy atom. The average molecular weight is 633 g/mol. The lowest BCUT2D eigenvalue weighted by Gasteiger charge is -2.38. The zero-order valence-electron chi connectivity index (χ0n) is 26.1. The summed E-state index contributed by atoms with van der Waals surface area (Å²) in [6.07, 6.45) is 1.66. The molecule has 1 fully saturated rings. The van der Waals surface area contributed by atoms with Gasteiger partial charge < -0.3 is 24.8 Å². The molecule has 0 atom stereocenters. The molecular weight excluding hydrogens is 592 g/mol. The Labute approximate surface area is 269 Å². The highest BCUT2D eigenvalue weighted by Crippen LogP contribution is 2.35. The van der Waals surface area contributed by atoms with Gasteiger partial charge in [-0.1, -0.05) is 71.4 Å². The Hall–Kier alpha value is -3.60. The number of methoxy groups -OCH3 is 1. The second-order valence-corrected chi connectivity index (χ2v) is 13.0. The SMILES string of the molecule is COCCOCC1(C(=O)O)CCN(Cc2ccc(-c3noc(-c4ccc(-c5ccccc5)c(Cl)c4)n3)c(CC(C)(C)N)c2)CC1. The number of hydrogen-bond donors (Lipinski definition) is 2. The predicted molar refractivity (Wildman–Crippen MR) is 175 cm³/mol. The standard InChI is InChI=1S/C35H41ClN4O5/c1-34(2,37)21-27-19-24(22-40-15-13-35(14-16-40,33(41)42)23-44-18-17-43-3)9-11-29(27)31-38-32(45-39-31)26-10-12-28(30(36)20-26)25-7-5-4-6-8-25/h4-12,19-20H,13-18,21-23,37H2,1-3H3,(H,41,42). The lowest BCUT2D eigenvalue weighted by molar-refractivity contribution is -0.157. The van der Waals surface area contributed by atoms with Crippen molar-refractivity contribution in [3.05, 3.63) is 82.9 Å². The number of nitrogens with two attached hydrogens (primary N) is 1. The van der Waals surface area contributed by atoms with E-state index in [9.17, 15) is 9.90 Å². The van der Waals surface area contributed by atoms with Crippen LogP contribution in [0.3, 0.4) is 0 Å². The first-order valence-electron chi connectivity index (χ1n) is 15.2. The molecule has 1 saturated heterocycles. The number of hydrogen-bond acceptors (Lipinski definition) is 8. The highest BCUT2D eigenvalue weighted by molar-refractivity contribution is 6.33. The van der Waals surface area contributed by atoms with Crippen molar-refractivity contribution in [2.45, 2.75) is 45.2 Å². The second-order valence-electron chi connectivity index (χ2n) is 12.5. The maximum Gasteiger partial charge on any atom is 0.312 e. The molecule has 1 aromatic heterocycles. The van der Waals surface area contributed by atoms with Gasteiger partial charge in [0.2, 0.25) is 5.82 Å². The van der Waals surface area contributed by atoms with Gasteiger partial charge in [0, 0.05) is 40.9 Å². The summed E-state index contributed by atoms with van der Waals surface area (Å²) in [5.74, 6) is 0.0667. The molecule has 1 aliphatic heterocycles. The summed E-state index contributed by atoms with van der Waals surface area (Å²) in [4.78, 5) is 19.2. The van der Waals surface area contributed by atoms with E-state index in [4.69, 9.17) is 36.3 Å². The van der Waals surface area contributed by atoms with Gasteiger partial charge in [0.25, 0.3) is 5.89 Å². The Kier molecular flexibility index (Phi) is 10.4. The van der Waals surface area contributed by atoms with Gasteiger partial charge in [-0.2, -0.15) is 4.98 Å². The Balaban J connectivity index is 1.32.